The Morgan fingerprint density at radius 2 is 1.61 bits per heavy atom. The van der Waals surface area contributed by atoms with Crippen molar-refractivity contribution in [3.05, 3.63) is 0 Å². The number of rotatable bonds is 4. The Morgan fingerprint density at radius 3 is 2.06 bits per heavy atom. The molecule has 1 rings (SSSR count). The highest BCUT2D eigenvalue weighted by Crippen LogP contribution is 2.35. The highest BCUT2D eigenvalue weighted by Gasteiger charge is 2.29. The van der Waals surface area contributed by atoms with Crippen molar-refractivity contribution in [3.8, 4) is 0 Å². The Kier molecular flexibility index (Phi) is 5.43. The van der Waals surface area contributed by atoms with E-state index < -0.39 is 0 Å². The van der Waals surface area contributed by atoms with E-state index >= 15 is 0 Å². The molecule has 0 aromatic heterocycles. The van der Waals surface area contributed by atoms with Crippen LogP contribution in [0.25, 0.3) is 0 Å². The highest BCUT2D eigenvalue weighted by atomic mass is 16.1. The Bertz CT molecular complexity index is 264. The van der Waals surface area contributed by atoms with Crippen LogP contribution in [0.15, 0.2) is 0 Å². The van der Waals surface area contributed by atoms with E-state index in [1.54, 1.807) is 0 Å². The molecule has 1 aliphatic rings. The summed E-state index contributed by atoms with van der Waals surface area (Å²) in [7, 11) is 0. The van der Waals surface area contributed by atoms with E-state index in [-0.39, 0.29) is 0 Å². The smallest absolute Gasteiger partial charge is 0.136 e. The standard InChI is InChI=1S/C17H32O/c1-12-7-13(2)9-15(8-12)16(18)10-14(3)11-17(4,5)6/h12-15H,7-11H2,1-6H3. The van der Waals surface area contributed by atoms with E-state index in [1.165, 1.54) is 6.42 Å². The lowest BCUT2D eigenvalue weighted by Crippen LogP contribution is -2.27. The van der Waals surface area contributed by atoms with E-state index in [1.807, 2.05) is 0 Å². The maximum atomic E-state index is 12.4. The monoisotopic (exact) mass is 252 g/mol. The van der Waals surface area contributed by atoms with Gasteiger partial charge in [-0.05, 0) is 48.9 Å². The van der Waals surface area contributed by atoms with Crippen LogP contribution < -0.4 is 0 Å². The summed E-state index contributed by atoms with van der Waals surface area (Å²) < 4.78 is 0. The van der Waals surface area contributed by atoms with Crippen molar-refractivity contribution in [3.63, 3.8) is 0 Å². The second-order valence-corrected chi connectivity index (χ2v) is 8.15. The predicted molar refractivity (Wildman–Crippen MR) is 78.5 cm³/mol. The first kappa shape index (κ1) is 15.7. The normalized spacial score (nSPS) is 31.1. The average molecular weight is 252 g/mol. The molecular weight excluding hydrogens is 220 g/mol. The van der Waals surface area contributed by atoms with Crippen LogP contribution in [0.2, 0.25) is 0 Å². The zero-order valence-electron chi connectivity index (χ0n) is 13.3. The zero-order chi connectivity index (χ0) is 13.9. The topological polar surface area (TPSA) is 17.1 Å². The second-order valence-electron chi connectivity index (χ2n) is 8.15. The van der Waals surface area contributed by atoms with Gasteiger partial charge in [0.15, 0.2) is 0 Å². The van der Waals surface area contributed by atoms with Crippen molar-refractivity contribution in [2.24, 2.45) is 29.1 Å². The number of carbonyl (C=O) groups excluding carboxylic acids is 1. The molecule has 1 heteroatoms. The molecule has 3 atom stereocenters. The highest BCUT2D eigenvalue weighted by molar-refractivity contribution is 5.81. The molecule has 0 amide bonds. The van der Waals surface area contributed by atoms with Crippen LogP contribution in [0.4, 0.5) is 0 Å². The van der Waals surface area contributed by atoms with Gasteiger partial charge in [0.2, 0.25) is 0 Å². The van der Waals surface area contributed by atoms with E-state index in [0.717, 1.165) is 37.5 Å². The van der Waals surface area contributed by atoms with E-state index in [9.17, 15) is 4.79 Å². The lowest BCUT2D eigenvalue weighted by atomic mass is 9.73. The van der Waals surface area contributed by atoms with Gasteiger partial charge in [-0.25, -0.2) is 0 Å². The van der Waals surface area contributed by atoms with Gasteiger partial charge in [0, 0.05) is 12.3 Å². The van der Waals surface area contributed by atoms with Crippen LogP contribution in [-0.4, -0.2) is 5.78 Å². The lowest BCUT2D eigenvalue weighted by Gasteiger charge is -2.31. The summed E-state index contributed by atoms with van der Waals surface area (Å²) in [5, 5.41) is 0. The minimum atomic E-state index is 0.340. The van der Waals surface area contributed by atoms with E-state index in [0.29, 0.717) is 23.0 Å². The molecule has 0 aliphatic heterocycles. The van der Waals surface area contributed by atoms with Gasteiger partial charge in [-0.15, -0.1) is 0 Å². The number of Topliss-reactive ketones (excluding diaryl/α,β-unsaturated/α-hetero) is 1. The fourth-order valence-electron chi connectivity index (χ4n) is 3.84. The van der Waals surface area contributed by atoms with Gasteiger partial charge >= 0.3 is 0 Å². The first-order chi connectivity index (χ1) is 8.17. The summed E-state index contributed by atoms with van der Waals surface area (Å²) in [6, 6.07) is 0. The summed E-state index contributed by atoms with van der Waals surface area (Å²) in [4.78, 5) is 12.4. The minimum Gasteiger partial charge on any atom is -0.299 e. The average Bonchev–Trinajstić information content (AvgIpc) is 2.12. The Morgan fingerprint density at radius 1 is 1.11 bits per heavy atom. The van der Waals surface area contributed by atoms with Crippen molar-refractivity contribution in [2.45, 2.75) is 73.6 Å². The molecule has 1 saturated carbocycles. The molecule has 0 radical (unpaired) electrons. The summed E-state index contributed by atoms with van der Waals surface area (Å²) in [6.07, 6.45) is 5.51. The maximum absolute atomic E-state index is 12.4. The van der Waals surface area contributed by atoms with Crippen LogP contribution in [0.5, 0.6) is 0 Å². The minimum absolute atomic E-state index is 0.340. The molecule has 1 fully saturated rings. The molecule has 0 bridgehead atoms. The van der Waals surface area contributed by atoms with Gasteiger partial charge < -0.3 is 0 Å². The van der Waals surface area contributed by atoms with Crippen LogP contribution in [-0.2, 0) is 4.79 Å². The fraction of sp³-hybridized carbons (Fsp3) is 0.941. The van der Waals surface area contributed by atoms with Crippen molar-refractivity contribution in [1.82, 2.24) is 0 Å². The van der Waals surface area contributed by atoms with Crippen molar-refractivity contribution in [1.29, 1.82) is 0 Å². The second kappa shape index (κ2) is 6.21. The molecule has 0 spiro atoms. The largest absolute Gasteiger partial charge is 0.299 e. The summed E-state index contributed by atoms with van der Waals surface area (Å²) in [5.74, 6) is 2.89. The molecule has 0 saturated heterocycles. The van der Waals surface area contributed by atoms with Gasteiger partial charge in [0.05, 0.1) is 0 Å². The first-order valence-corrected chi connectivity index (χ1v) is 7.70. The Balaban J connectivity index is 2.45. The third-order valence-corrected chi connectivity index (χ3v) is 4.14. The molecular formula is C17H32O. The van der Waals surface area contributed by atoms with Crippen LogP contribution in [0.1, 0.15) is 73.6 Å². The summed E-state index contributed by atoms with van der Waals surface area (Å²) in [6.45, 7) is 13.6. The summed E-state index contributed by atoms with van der Waals surface area (Å²) in [5.41, 5.74) is 0.340. The number of hydrogen-bond acceptors (Lipinski definition) is 1. The molecule has 1 aliphatic carbocycles. The Labute approximate surface area is 114 Å². The predicted octanol–water partition coefficient (Wildman–Crippen LogP) is 5.09. The molecule has 3 unspecified atom stereocenters. The van der Waals surface area contributed by atoms with Crippen LogP contribution in [0, 0.1) is 29.1 Å². The third-order valence-electron chi connectivity index (χ3n) is 4.14. The van der Waals surface area contributed by atoms with Gasteiger partial charge in [-0.3, -0.25) is 4.79 Å². The van der Waals surface area contributed by atoms with Crippen LogP contribution >= 0.6 is 0 Å². The van der Waals surface area contributed by atoms with Gasteiger partial charge in [-0.2, -0.15) is 0 Å². The van der Waals surface area contributed by atoms with Gasteiger partial charge in [-0.1, -0.05) is 41.5 Å². The maximum Gasteiger partial charge on any atom is 0.136 e. The summed E-state index contributed by atoms with van der Waals surface area (Å²) >= 11 is 0. The molecule has 0 N–H and O–H groups in total. The first-order valence-electron chi connectivity index (χ1n) is 7.70. The fourth-order valence-corrected chi connectivity index (χ4v) is 3.84. The quantitative estimate of drug-likeness (QED) is 0.681. The number of carbonyl (C=O) groups is 1. The molecule has 18 heavy (non-hydrogen) atoms. The molecule has 0 aromatic rings. The van der Waals surface area contributed by atoms with Gasteiger partial charge in [0.1, 0.15) is 5.78 Å². The van der Waals surface area contributed by atoms with E-state index in [2.05, 4.69) is 41.5 Å². The van der Waals surface area contributed by atoms with Crippen molar-refractivity contribution < 1.29 is 4.79 Å². The van der Waals surface area contributed by atoms with Gasteiger partial charge in [0.25, 0.3) is 0 Å². The SMILES string of the molecule is CC1CC(C)CC(C(=O)CC(C)CC(C)(C)C)C1. The zero-order valence-corrected chi connectivity index (χ0v) is 13.3. The number of ketones is 1. The molecule has 106 valence electrons. The van der Waals surface area contributed by atoms with Crippen LogP contribution in [0.3, 0.4) is 0 Å². The molecule has 1 nitrogen and oxygen atoms in total. The third kappa shape index (κ3) is 5.54. The van der Waals surface area contributed by atoms with E-state index in [4.69, 9.17) is 0 Å². The molecule has 0 heterocycles. The van der Waals surface area contributed by atoms with Crippen molar-refractivity contribution in [2.75, 3.05) is 0 Å². The van der Waals surface area contributed by atoms with Crippen molar-refractivity contribution >= 4 is 5.78 Å². The molecule has 0 aromatic carbocycles. The number of hydrogen-bond donors (Lipinski definition) is 0. The lowest BCUT2D eigenvalue weighted by molar-refractivity contribution is -0.125. The Hall–Kier alpha value is -0.330.